The molecule has 0 unspecified atom stereocenters. The third-order valence-corrected chi connectivity index (χ3v) is 6.54. The monoisotopic (exact) mass is 554 g/mol. The summed E-state index contributed by atoms with van der Waals surface area (Å²) in [5.41, 5.74) is 0.331. The Kier molecular flexibility index (Phi) is 9.36. The zero-order chi connectivity index (χ0) is 27.3. The van der Waals surface area contributed by atoms with Crippen LogP contribution in [0.2, 0.25) is 10.0 Å². The van der Waals surface area contributed by atoms with Crippen molar-refractivity contribution in [3.8, 4) is 11.5 Å². The number of hydrogen-bond acceptors (Lipinski definition) is 7. The van der Waals surface area contributed by atoms with Crippen molar-refractivity contribution in [1.29, 1.82) is 0 Å². The topological polar surface area (TPSA) is 101 Å². The molecule has 1 amide bonds. The summed E-state index contributed by atoms with van der Waals surface area (Å²) < 4.78 is 22.8. The average Bonchev–Trinajstić information content (AvgIpc) is 2.83. The number of carbonyl (C=O) groups is 2. The highest BCUT2D eigenvalue weighted by Gasteiger charge is 2.37. The molecule has 11 heteroatoms. The maximum atomic E-state index is 13.5. The number of carbonyl (C=O) groups excluding carboxylic acids is 2. The fraction of sp³-hybridized carbons (Fsp3) is 0.500. The Balaban J connectivity index is 1.95. The zero-order valence-corrected chi connectivity index (χ0v) is 23.1. The molecule has 1 aromatic heterocycles. The van der Waals surface area contributed by atoms with Gasteiger partial charge < -0.3 is 24.2 Å². The quantitative estimate of drug-likeness (QED) is 0.261. The van der Waals surface area contributed by atoms with Gasteiger partial charge in [-0.15, -0.1) is 0 Å². The summed E-state index contributed by atoms with van der Waals surface area (Å²) in [7, 11) is 3.02. The van der Waals surface area contributed by atoms with E-state index in [1.165, 1.54) is 31.5 Å². The Bertz CT molecular complexity index is 1110. The number of esters is 1. The van der Waals surface area contributed by atoms with Crippen LogP contribution in [0.4, 0.5) is 4.79 Å². The number of amides is 1. The predicted molar refractivity (Wildman–Crippen MR) is 138 cm³/mol. The van der Waals surface area contributed by atoms with Gasteiger partial charge >= 0.3 is 12.1 Å². The van der Waals surface area contributed by atoms with E-state index >= 15 is 0 Å². The van der Waals surface area contributed by atoms with Gasteiger partial charge in [0.05, 0.1) is 14.2 Å². The van der Waals surface area contributed by atoms with Crippen molar-refractivity contribution < 1.29 is 33.3 Å². The van der Waals surface area contributed by atoms with Gasteiger partial charge in [0.1, 0.15) is 27.8 Å². The lowest BCUT2D eigenvalue weighted by atomic mass is 10.00. The van der Waals surface area contributed by atoms with E-state index in [4.69, 9.17) is 42.1 Å². The molecule has 2 atom stereocenters. The molecule has 0 radical (unpaired) electrons. The van der Waals surface area contributed by atoms with E-state index in [1.807, 2.05) is 0 Å². The highest BCUT2D eigenvalue weighted by atomic mass is 35.5. The summed E-state index contributed by atoms with van der Waals surface area (Å²) in [6.45, 7) is 5.70. The zero-order valence-electron chi connectivity index (χ0n) is 21.6. The molecule has 2 aromatic rings. The van der Waals surface area contributed by atoms with Crippen molar-refractivity contribution in [2.75, 3.05) is 20.8 Å². The number of likely N-dealkylation sites (tertiary alicyclic amines) is 1. The molecule has 1 aliphatic heterocycles. The Labute approximate surface area is 226 Å². The lowest BCUT2D eigenvalue weighted by Crippen LogP contribution is -2.50. The number of methoxy groups -OCH3 is 2. The van der Waals surface area contributed by atoms with Gasteiger partial charge in [-0.05, 0) is 57.7 Å². The Morgan fingerprint density at radius 1 is 1.11 bits per heavy atom. The molecule has 1 fully saturated rings. The summed E-state index contributed by atoms with van der Waals surface area (Å²) >= 11 is 12.6. The van der Waals surface area contributed by atoms with Crippen LogP contribution in [0.15, 0.2) is 30.6 Å². The summed E-state index contributed by atoms with van der Waals surface area (Å²) in [4.78, 5) is 27.8. The number of aromatic nitrogens is 1. The third kappa shape index (κ3) is 7.32. The molecular weight excluding hydrogens is 523 g/mol. The molecule has 0 bridgehead atoms. The van der Waals surface area contributed by atoms with Gasteiger partial charge in [0, 0.05) is 18.5 Å². The van der Waals surface area contributed by atoms with Gasteiger partial charge in [0.2, 0.25) is 0 Å². The maximum absolute atomic E-state index is 13.5. The van der Waals surface area contributed by atoms with E-state index in [2.05, 4.69) is 0 Å². The third-order valence-electron chi connectivity index (χ3n) is 5.89. The summed E-state index contributed by atoms with van der Waals surface area (Å²) in [5, 5.41) is 12.0. The summed E-state index contributed by atoms with van der Waals surface area (Å²) in [6, 6.07) is 4.32. The molecule has 37 heavy (non-hydrogen) atoms. The average molecular weight is 555 g/mol. The lowest BCUT2D eigenvalue weighted by Gasteiger charge is -2.36. The first-order valence-electron chi connectivity index (χ1n) is 11.9. The van der Waals surface area contributed by atoms with Crippen LogP contribution in [0.5, 0.6) is 11.5 Å². The van der Waals surface area contributed by atoms with Crippen LogP contribution >= 0.6 is 23.2 Å². The van der Waals surface area contributed by atoms with Crippen LogP contribution in [0.25, 0.3) is 0 Å². The van der Waals surface area contributed by atoms with Crippen molar-refractivity contribution in [2.24, 2.45) is 0 Å². The maximum Gasteiger partial charge on any atom is 0.411 e. The second-order valence-electron chi connectivity index (χ2n) is 9.72. The molecule has 3 rings (SSSR count). The van der Waals surface area contributed by atoms with Gasteiger partial charge in [-0.25, -0.2) is 9.59 Å². The molecule has 0 saturated carbocycles. The molecule has 0 spiro atoms. The van der Waals surface area contributed by atoms with Crippen LogP contribution in [0.3, 0.4) is 0 Å². The first kappa shape index (κ1) is 28.7. The molecule has 9 nitrogen and oxygen atoms in total. The largest absolute Gasteiger partial charge is 0.619 e. The van der Waals surface area contributed by atoms with E-state index < -0.39 is 29.8 Å². The molecule has 1 aromatic carbocycles. The van der Waals surface area contributed by atoms with Gasteiger partial charge in [-0.2, -0.15) is 4.73 Å². The van der Waals surface area contributed by atoms with E-state index in [0.29, 0.717) is 40.3 Å². The molecule has 0 aliphatic carbocycles. The second-order valence-corrected chi connectivity index (χ2v) is 10.5. The van der Waals surface area contributed by atoms with Crippen molar-refractivity contribution >= 4 is 35.3 Å². The van der Waals surface area contributed by atoms with Gasteiger partial charge in [-0.1, -0.05) is 29.3 Å². The minimum Gasteiger partial charge on any atom is -0.619 e. The van der Waals surface area contributed by atoms with Crippen LogP contribution in [-0.2, 0) is 20.7 Å². The van der Waals surface area contributed by atoms with Crippen LogP contribution in [0.1, 0.15) is 57.3 Å². The van der Waals surface area contributed by atoms with Crippen LogP contribution in [0, 0.1) is 5.21 Å². The second kappa shape index (κ2) is 12.1. The van der Waals surface area contributed by atoms with E-state index in [1.54, 1.807) is 39.0 Å². The van der Waals surface area contributed by atoms with E-state index in [-0.39, 0.29) is 16.5 Å². The van der Waals surface area contributed by atoms with Gasteiger partial charge in [-0.3, -0.25) is 4.90 Å². The Morgan fingerprint density at radius 2 is 1.76 bits per heavy atom. The standard InChI is InChI=1S/C26H32Cl2N2O7/c1-26(2,3)37-25(32)30-11-7-6-8-20(30)24(31)36-22(13-17-18(27)14-29(33)15-19(17)28)16-9-10-21(34-4)23(12-16)35-5/h9-10,12,14-15,20,22H,6-8,11,13H2,1-5H3/t20-,22-/m0/s1. The molecule has 1 aliphatic rings. The first-order chi connectivity index (χ1) is 17.4. The Morgan fingerprint density at radius 3 is 2.35 bits per heavy atom. The number of benzene rings is 1. The van der Waals surface area contributed by atoms with Crippen molar-refractivity contribution in [2.45, 2.75) is 64.2 Å². The van der Waals surface area contributed by atoms with Gasteiger partial charge in [0.15, 0.2) is 23.9 Å². The van der Waals surface area contributed by atoms with Crippen LogP contribution < -0.4 is 14.2 Å². The van der Waals surface area contributed by atoms with E-state index in [9.17, 15) is 14.8 Å². The predicted octanol–water partition coefficient (Wildman–Crippen LogP) is 5.26. The number of piperidine rings is 1. The smallest absolute Gasteiger partial charge is 0.411 e. The molecule has 0 N–H and O–H groups in total. The van der Waals surface area contributed by atoms with Crippen LogP contribution in [-0.4, -0.2) is 49.4 Å². The SMILES string of the molecule is COc1ccc([C@H](Cc2c(Cl)c[n+]([O-])cc2Cl)OC(=O)[C@@H]2CCCCN2C(=O)OC(C)(C)C)cc1OC. The molecular formula is C26H32Cl2N2O7. The van der Waals surface area contributed by atoms with Gasteiger partial charge in [0.25, 0.3) is 0 Å². The molecule has 202 valence electrons. The Hall–Kier alpha value is -2.91. The van der Waals surface area contributed by atoms with E-state index in [0.717, 1.165) is 12.8 Å². The minimum atomic E-state index is -0.854. The molecule has 1 saturated heterocycles. The number of rotatable bonds is 7. The van der Waals surface area contributed by atoms with Crippen molar-refractivity contribution in [3.63, 3.8) is 0 Å². The number of nitrogens with zero attached hydrogens (tertiary/aromatic N) is 2. The molecule has 2 heterocycles. The number of hydrogen-bond donors (Lipinski definition) is 0. The summed E-state index contributed by atoms with van der Waals surface area (Å²) in [6.07, 6.45) is 2.99. The van der Waals surface area contributed by atoms with Crippen molar-refractivity contribution in [1.82, 2.24) is 4.90 Å². The minimum absolute atomic E-state index is 0.0822. The number of ether oxygens (including phenoxy) is 4. The summed E-state index contributed by atoms with van der Waals surface area (Å²) in [5.74, 6) is 0.368. The fourth-order valence-electron chi connectivity index (χ4n) is 4.13. The number of halogens is 2. The highest BCUT2D eigenvalue weighted by molar-refractivity contribution is 6.35. The normalized spacial score (nSPS) is 16.6. The number of pyridine rings is 1. The highest BCUT2D eigenvalue weighted by Crippen LogP contribution is 2.36. The lowest BCUT2D eigenvalue weighted by molar-refractivity contribution is -0.605. The first-order valence-corrected chi connectivity index (χ1v) is 12.7. The van der Waals surface area contributed by atoms with Crippen molar-refractivity contribution in [3.05, 3.63) is 57.0 Å². The fourth-order valence-corrected chi connectivity index (χ4v) is 4.72.